The van der Waals surface area contributed by atoms with Crippen LogP contribution in [0.15, 0.2) is 40.2 Å². The van der Waals surface area contributed by atoms with E-state index in [1.54, 1.807) is 6.92 Å². The maximum Gasteiger partial charge on any atom is 0.264 e. The van der Waals surface area contributed by atoms with Crippen molar-refractivity contribution in [3.05, 3.63) is 52.2 Å². The van der Waals surface area contributed by atoms with Crippen LogP contribution < -0.4 is 16.0 Å². The number of halogens is 1. The molecule has 0 spiro atoms. The van der Waals surface area contributed by atoms with Crippen molar-refractivity contribution >= 4 is 21.4 Å². The molecule has 1 aromatic heterocycles. The van der Waals surface area contributed by atoms with Crippen molar-refractivity contribution in [3.63, 3.8) is 0 Å². The fourth-order valence-electron chi connectivity index (χ4n) is 1.74. The minimum absolute atomic E-state index is 0.149. The van der Waals surface area contributed by atoms with Crippen LogP contribution in [0.5, 0.6) is 0 Å². The van der Waals surface area contributed by atoms with E-state index in [1.807, 2.05) is 0 Å². The Hall–Kier alpha value is -2.35. The third kappa shape index (κ3) is 3.05. The zero-order valence-electron chi connectivity index (χ0n) is 11.4. The molecule has 21 heavy (non-hydrogen) atoms. The van der Waals surface area contributed by atoms with Crippen molar-refractivity contribution in [2.45, 2.75) is 11.8 Å². The number of aryl methyl sites for hydroxylation is 2. The van der Waals surface area contributed by atoms with Gasteiger partial charge in [0.05, 0.1) is 5.69 Å². The maximum absolute atomic E-state index is 13.8. The molecule has 0 saturated carbocycles. The smallest absolute Gasteiger partial charge is 0.264 e. The molecule has 3 N–H and O–H groups in total. The second-order valence-corrected chi connectivity index (χ2v) is 6.26. The summed E-state index contributed by atoms with van der Waals surface area (Å²) in [6, 6.07) is 4.63. The lowest BCUT2D eigenvalue weighted by molar-refractivity contribution is 0.570. The Morgan fingerprint density at radius 3 is 2.57 bits per heavy atom. The standard InChI is InChI=1S/C13H14FN3O3S/c1-8-5-10(14)12(6-11(8)15)21(19,20)16-9-3-4-13(18)17(2)7-9/h3-7,16H,15H2,1-2H3. The van der Waals surface area contributed by atoms with E-state index in [1.165, 1.54) is 29.9 Å². The first kappa shape index (κ1) is 15.0. The van der Waals surface area contributed by atoms with Gasteiger partial charge in [0.25, 0.3) is 10.0 Å². The molecule has 2 aromatic rings. The Morgan fingerprint density at radius 2 is 1.95 bits per heavy atom. The molecule has 0 bridgehead atoms. The van der Waals surface area contributed by atoms with Crippen LogP contribution in [-0.2, 0) is 17.1 Å². The molecule has 0 fully saturated rings. The molecule has 1 aromatic carbocycles. The zero-order valence-corrected chi connectivity index (χ0v) is 12.2. The van der Waals surface area contributed by atoms with Gasteiger partial charge in [0.1, 0.15) is 10.7 Å². The lowest BCUT2D eigenvalue weighted by Crippen LogP contribution is -2.19. The van der Waals surface area contributed by atoms with Crippen LogP contribution in [0.25, 0.3) is 0 Å². The fourth-order valence-corrected chi connectivity index (χ4v) is 2.88. The summed E-state index contributed by atoms with van der Waals surface area (Å²) >= 11 is 0. The summed E-state index contributed by atoms with van der Waals surface area (Å²) in [7, 11) is -2.66. The van der Waals surface area contributed by atoms with E-state index < -0.39 is 20.7 Å². The van der Waals surface area contributed by atoms with Crippen LogP contribution in [0.1, 0.15) is 5.56 Å². The first-order chi connectivity index (χ1) is 9.70. The number of benzene rings is 1. The molecular formula is C13H14FN3O3S. The quantitative estimate of drug-likeness (QED) is 0.833. The summed E-state index contributed by atoms with van der Waals surface area (Å²) in [4.78, 5) is 10.7. The fraction of sp³-hybridized carbons (Fsp3) is 0.154. The number of sulfonamides is 1. The number of rotatable bonds is 3. The number of aromatic nitrogens is 1. The van der Waals surface area contributed by atoms with E-state index in [2.05, 4.69) is 4.72 Å². The molecule has 112 valence electrons. The van der Waals surface area contributed by atoms with Gasteiger partial charge in [0.15, 0.2) is 0 Å². The molecule has 0 amide bonds. The number of nitrogens with one attached hydrogen (secondary N) is 1. The van der Waals surface area contributed by atoms with Crippen LogP contribution in [0, 0.1) is 12.7 Å². The highest BCUT2D eigenvalue weighted by molar-refractivity contribution is 7.92. The van der Waals surface area contributed by atoms with Gasteiger partial charge in [-0.3, -0.25) is 9.52 Å². The van der Waals surface area contributed by atoms with Gasteiger partial charge < -0.3 is 10.3 Å². The summed E-state index contributed by atoms with van der Waals surface area (Å²) in [5.74, 6) is -0.890. The molecule has 6 nitrogen and oxygen atoms in total. The van der Waals surface area contributed by atoms with Crippen LogP contribution in [0.3, 0.4) is 0 Å². The Morgan fingerprint density at radius 1 is 1.29 bits per heavy atom. The number of nitrogens with two attached hydrogens (primary N) is 1. The van der Waals surface area contributed by atoms with Gasteiger partial charge in [-0.2, -0.15) is 0 Å². The van der Waals surface area contributed by atoms with E-state index in [0.717, 1.165) is 12.1 Å². The topological polar surface area (TPSA) is 94.2 Å². The molecule has 0 atom stereocenters. The number of nitrogen functional groups attached to an aromatic ring is 1. The minimum atomic E-state index is -4.13. The van der Waals surface area contributed by atoms with Crippen molar-refractivity contribution in [3.8, 4) is 0 Å². The van der Waals surface area contributed by atoms with Crippen molar-refractivity contribution in [2.75, 3.05) is 10.5 Å². The predicted octanol–water partition coefficient (Wildman–Crippen LogP) is 1.22. The Labute approximate surface area is 121 Å². The van der Waals surface area contributed by atoms with Crippen LogP contribution >= 0.6 is 0 Å². The molecule has 0 aliphatic carbocycles. The molecular weight excluding hydrogens is 297 g/mol. The first-order valence-corrected chi connectivity index (χ1v) is 7.44. The molecule has 1 heterocycles. The van der Waals surface area contributed by atoms with Gasteiger partial charge >= 0.3 is 0 Å². The highest BCUT2D eigenvalue weighted by Gasteiger charge is 2.20. The Bertz CT molecular complexity index is 859. The lowest BCUT2D eigenvalue weighted by Gasteiger charge is -2.11. The average molecular weight is 311 g/mol. The summed E-state index contributed by atoms with van der Waals surface area (Å²) in [6.45, 7) is 1.58. The van der Waals surface area contributed by atoms with Crippen molar-refractivity contribution < 1.29 is 12.8 Å². The van der Waals surface area contributed by atoms with E-state index in [4.69, 9.17) is 5.73 Å². The van der Waals surface area contributed by atoms with Crippen LogP contribution in [-0.4, -0.2) is 13.0 Å². The van der Waals surface area contributed by atoms with Crippen molar-refractivity contribution in [1.82, 2.24) is 4.57 Å². The summed E-state index contributed by atoms with van der Waals surface area (Å²) in [5.41, 5.74) is 6.11. The van der Waals surface area contributed by atoms with E-state index in [-0.39, 0.29) is 16.9 Å². The molecule has 0 aliphatic heterocycles. The normalized spacial score (nSPS) is 11.4. The molecule has 8 heteroatoms. The van der Waals surface area contributed by atoms with Gasteiger partial charge in [0.2, 0.25) is 5.56 Å². The zero-order chi connectivity index (χ0) is 15.8. The average Bonchev–Trinajstić information content (AvgIpc) is 2.37. The summed E-state index contributed by atoms with van der Waals surface area (Å²) in [6.07, 6.45) is 1.30. The van der Waals surface area contributed by atoms with Gasteiger partial charge in [-0.05, 0) is 30.7 Å². The Balaban J connectivity index is 2.45. The van der Waals surface area contributed by atoms with Crippen LogP contribution in [0.4, 0.5) is 15.8 Å². The molecule has 0 unspecified atom stereocenters. The second kappa shape index (κ2) is 5.21. The maximum atomic E-state index is 13.8. The number of hydrogen-bond acceptors (Lipinski definition) is 4. The second-order valence-electron chi connectivity index (χ2n) is 4.61. The largest absolute Gasteiger partial charge is 0.398 e. The molecule has 0 saturated heterocycles. The van der Waals surface area contributed by atoms with Gasteiger partial charge in [0, 0.05) is 25.0 Å². The summed E-state index contributed by atoms with van der Waals surface area (Å²) in [5, 5.41) is 0. The highest BCUT2D eigenvalue weighted by atomic mass is 32.2. The number of nitrogens with zero attached hydrogens (tertiary/aromatic N) is 1. The minimum Gasteiger partial charge on any atom is -0.398 e. The predicted molar refractivity (Wildman–Crippen MR) is 78.0 cm³/mol. The summed E-state index contributed by atoms with van der Waals surface area (Å²) < 4.78 is 41.6. The molecule has 0 aliphatic rings. The van der Waals surface area contributed by atoms with E-state index >= 15 is 0 Å². The number of anilines is 2. The van der Waals surface area contributed by atoms with Gasteiger partial charge in [-0.15, -0.1) is 0 Å². The first-order valence-electron chi connectivity index (χ1n) is 5.96. The van der Waals surface area contributed by atoms with E-state index in [9.17, 15) is 17.6 Å². The third-order valence-corrected chi connectivity index (χ3v) is 4.34. The highest BCUT2D eigenvalue weighted by Crippen LogP contribution is 2.23. The Kier molecular flexibility index (Phi) is 3.73. The molecule has 2 rings (SSSR count). The number of hydrogen-bond donors (Lipinski definition) is 2. The third-order valence-electron chi connectivity index (χ3n) is 2.95. The van der Waals surface area contributed by atoms with Gasteiger partial charge in [-0.1, -0.05) is 0 Å². The van der Waals surface area contributed by atoms with Crippen molar-refractivity contribution in [2.24, 2.45) is 7.05 Å². The van der Waals surface area contributed by atoms with E-state index in [0.29, 0.717) is 5.56 Å². The number of pyridine rings is 1. The SMILES string of the molecule is Cc1cc(F)c(S(=O)(=O)Nc2ccc(=O)n(C)c2)cc1N. The lowest BCUT2D eigenvalue weighted by atomic mass is 10.2. The molecule has 0 radical (unpaired) electrons. The van der Waals surface area contributed by atoms with Crippen LogP contribution in [0.2, 0.25) is 0 Å². The van der Waals surface area contributed by atoms with Crippen molar-refractivity contribution in [1.29, 1.82) is 0 Å². The van der Waals surface area contributed by atoms with Gasteiger partial charge in [-0.25, -0.2) is 12.8 Å². The monoisotopic (exact) mass is 311 g/mol.